The van der Waals surface area contributed by atoms with E-state index in [9.17, 15) is 8.42 Å². The lowest BCUT2D eigenvalue weighted by Crippen LogP contribution is -2.48. The van der Waals surface area contributed by atoms with Crippen LogP contribution in [-0.4, -0.2) is 57.7 Å². The van der Waals surface area contributed by atoms with Crippen molar-refractivity contribution >= 4 is 10.0 Å². The largest absolute Gasteiger partial charge is 0.495 e. The Hall–Kier alpha value is -2.29. The molecule has 0 aliphatic carbocycles. The summed E-state index contributed by atoms with van der Waals surface area (Å²) in [5.41, 5.74) is 2.11. The number of sulfonamides is 1. The third-order valence-electron chi connectivity index (χ3n) is 5.43. The van der Waals surface area contributed by atoms with Gasteiger partial charge in [-0.05, 0) is 41.8 Å². The van der Waals surface area contributed by atoms with Gasteiger partial charge in [-0.15, -0.1) is 0 Å². The number of hydrogen-bond donors (Lipinski definition) is 0. The van der Waals surface area contributed by atoms with Crippen LogP contribution in [-0.2, 0) is 23.0 Å². The SMILES string of the molecule is CCc1ccc(OC)c(S(=O)(=O)N2CCN(Cc3ccc4c(c3)OCO4)CC2)c1. The molecule has 4 rings (SSSR count). The normalized spacial score (nSPS) is 17.4. The van der Waals surface area contributed by atoms with Gasteiger partial charge in [0.15, 0.2) is 11.5 Å². The number of ether oxygens (including phenoxy) is 3. The van der Waals surface area contributed by atoms with E-state index in [1.165, 1.54) is 7.11 Å². The van der Waals surface area contributed by atoms with Crippen LogP contribution in [0.2, 0.25) is 0 Å². The van der Waals surface area contributed by atoms with Crippen LogP contribution in [0.3, 0.4) is 0 Å². The van der Waals surface area contributed by atoms with E-state index < -0.39 is 10.0 Å². The molecule has 0 radical (unpaired) electrons. The summed E-state index contributed by atoms with van der Waals surface area (Å²) in [5, 5.41) is 0. The summed E-state index contributed by atoms with van der Waals surface area (Å²) in [5.74, 6) is 1.93. The van der Waals surface area contributed by atoms with E-state index in [2.05, 4.69) is 4.90 Å². The highest BCUT2D eigenvalue weighted by Crippen LogP contribution is 2.33. The fraction of sp³-hybridized carbons (Fsp3) is 0.429. The molecule has 2 aliphatic rings. The summed E-state index contributed by atoms with van der Waals surface area (Å²) in [4.78, 5) is 2.51. The molecular formula is C21H26N2O5S. The third-order valence-corrected chi connectivity index (χ3v) is 7.35. The summed E-state index contributed by atoms with van der Waals surface area (Å²) in [6.07, 6.45) is 0.774. The van der Waals surface area contributed by atoms with Gasteiger partial charge in [-0.25, -0.2) is 8.42 Å². The minimum absolute atomic E-state index is 0.253. The van der Waals surface area contributed by atoms with E-state index in [1.54, 1.807) is 16.4 Å². The summed E-state index contributed by atoms with van der Waals surface area (Å²) in [6, 6.07) is 11.3. The first-order valence-electron chi connectivity index (χ1n) is 9.79. The molecule has 2 heterocycles. The number of benzene rings is 2. The molecule has 0 bridgehead atoms. The molecule has 7 nitrogen and oxygen atoms in total. The molecule has 0 amide bonds. The molecule has 0 atom stereocenters. The second-order valence-electron chi connectivity index (χ2n) is 7.21. The maximum Gasteiger partial charge on any atom is 0.246 e. The summed E-state index contributed by atoms with van der Waals surface area (Å²) < 4.78 is 44.1. The number of rotatable bonds is 6. The van der Waals surface area contributed by atoms with Gasteiger partial charge in [-0.3, -0.25) is 4.90 Å². The number of fused-ring (bicyclic) bond motifs is 1. The van der Waals surface area contributed by atoms with E-state index in [-0.39, 0.29) is 11.7 Å². The number of nitrogens with zero attached hydrogens (tertiary/aromatic N) is 2. The first-order valence-corrected chi connectivity index (χ1v) is 11.2. The summed E-state index contributed by atoms with van der Waals surface area (Å²) in [7, 11) is -2.09. The maximum atomic E-state index is 13.2. The average Bonchev–Trinajstić information content (AvgIpc) is 3.21. The lowest BCUT2D eigenvalue weighted by atomic mass is 10.2. The second kappa shape index (κ2) is 8.22. The van der Waals surface area contributed by atoms with Gasteiger partial charge in [-0.1, -0.05) is 19.1 Å². The van der Waals surface area contributed by atoms with Gasteiger partial charge >= 0.3 is 0 Å². The maximum absolute atomic E-state index is 13.2. The predicted octanol–water partition coefficient (Wildman–Crippen LogP) is 2.49. The van der Waals surface area contributed by atoms with E-state index >= 15 is 0 Å². The van der Waals surface area contributed by atoms with Crippen LogP contribution < -0.4 is 14.2 Å². The van der Waals surface area contributed by atoms with Crippen LogP contribution in [0.5, 0.6) is 17.2 Å². The number of hydrogen-bond acceptors (Lipinski definition) is 6. The Bertz CT molecular complexity index is 985. The zero-order valence-electron chi connectivity index (χ0n) is 16.8. The van der Waals surface area contributed by atoms with Gasteiger partial charge in [0.1, 0.15) is 10.6 Å². The van der Waals surface area contributed by atoms with E-state index in [4.69, 9.17) is 14.2 Å². The van der Waals surface area contributed by atoms with Crippen molar-refractivity contribution in [2.24, 2.45) is 0 Å². The first-order chi connectivity index (χ1) is 14.0. The van der Waals surface area contributed by atoms with Crippen LogP contribution in [0, 0.1) is 0 Å². The molecule has 0 spiro atoms. The van der Waals surface area contributed by atoms with Crippen LogP contribution in [0.15, 0.2) is 41.3 Å². The Balaban J connectivity index is 1.44. The highest BCUT2D eigenvalue weighted by atomic mass is 32.2. The van der Waals surface area contributed by atoms with Crippen molar-refractivity contribution < 1.29 is 22.6 Å². The lowest BCUT2D eigenvalue weighted by Gasteiger charge is -2.34. The highest BCUT2D eigenvalue weighted by molar-refractivity contribution is 7.89. The summed E-state index contributed by atoms with van der Waals surface area (Å²) >= 11 is 0. The molecule has 29 heavy (non-hydrogen) atoms. The van der Waals surface area contributed by atoms with E-state index in [0.717, 1.165) is 35.6 Å². The van der Waals surface area contributed by atoms with Gasteiger partial charge in [-0.2, -0.15) is 4.31 Å². The summed E-state index contributed by atoms with van der Waals surface area (Å²) in [6.45, 7) is 5.26. The van der Waals surface area contributed by atoms with Crippen molar-refractivity contribution in [1.29, 1.82) is 0 Å². The molecule has 2 aromatic carbocycles. The average molecular weight is 419 g/mol. The first kappa shape index (κ1) is 20.0. The Morgan fingerprint density at radius 2 is 1.69 bits per heavy atom. The van der Waals surface area contributed by atoms with Crippen LogP contribution in [0.1, 0.15) is 18.1 Å². The van der Waals surface area contributed by atoms with Crippen molar-refractivity contribution in [3.8, 4) is 17.2 Å². The zero-order valence-corrected chi connectivity index (χ0v) is 17.6. The van der Waals surface area contributed by atoms with Crippen LogP contribution in [0.4, 0.5) is 0 Å². The molecular weight excluding hydrogens is 392 g/mol. The number of aryl methyl sites for hydroxylation is 1. The molecule has 0 saturated carbocycles. The number of methoxy groups -OCH3 is 1. The minimum atomic E-state index is -3.60. The smallest absolute Gasteiger partial charge is 0.246 e. The zero-order chi connectivity index (χ0) is 20.4. The van der Waals surface area contributed by atoms with Gasteiger partial charge in [0.05, 0.1) is 7.11 Å². The molecule has 156 valence electrons. The molecule has 2 aliphatic heterocycles. The third kappa shape index (κ3) is 4.05. The Morgan fingerprint density at radius 1 is 0.966 bits per heavy atom. The van der Waals surface area contributed by atoms with E-state index in [1.807, 2.05) is 31.2 Å². The van der Waals surface area contributed by atoms with Crippen molar-refractivity contribution in [2.45, 2.75) is 24.8 Å². The topological polar surface area (TPSA) is 68.3 Å². The standard InChI is InChI=1S/C21H26N2O5S/c1-3-16-4-7-19(26-2)21(13-16)29(24,25)23-10-8-22(9-11-23)14-17-5-6-18-20(12-17)28-15-27-18/h4-7,12-13H,3,8-11,14-15H2,1-2H3. The molecule has 1 saturated heterocycles. The van der Waals surface area contributed by atoms with Crippen molar-refractivity contribution in [1.82, 2.24) is 9.21 Å². The molecule has 0 N–H and O–H groups in total. The van der Waals surface area contributed by atoms with Crippen molar-refractivity contribution in [2.75, 3.05) is 40.1 Å². The lowest BCUT2D eigenvalue weighted by molar-refractivity contribution is 0.173. The van der Waals surface area contributed by atoms with Gasteiger partial charge in [0.25, 0.3) is 0 Å². The Kier molecular flexibility index (Phi) is 5.67. The monoisotopic (exact) mass is 418 g/mol. The van der Waals surface area contributed by atoms with Gasteiger partial charge in [0.2, 0.25) is 16.8 Å². The molecule has 0 unspecified atom stereocenters. The predicted molar refractivity (Wildman–Crippen MR) is 109 cm³/mol. The van der Waals surface area contributed by atoms with Crippen LogP contribution in [0.25, 0.3) is 0 Å². The van der Waals surface area contributed by atoms with Crippen LogP contribution >= 0.6 is 0 Å². The van der Waals surface area contributed by atoms with E-state index in [0.29, 0.717) is 31.9 Å². The molecule has 0 aromatic heterocycles. The quantitative estimate of drug-likeness (QED) is 0.718. The Labute approximate surface area is 171 Å². The number of piperazine rings is 1. The van der Waals surface area contributed by atoms with Crippen molar-refractivity contribution in [3.63, 3.8) is 0 Å². The second-order valence-corrected chi connectivity index (χ2v) is 9.11. The fourth-order valence-corrected chi connectivity index (χ4v) is 5.34. The van der Waals surface area contributed by atoms with Crippen molar-refractivity contribution in [3.05, 3.63) is 47.5 Å². The molecule has 2 aromatic rings. The molecule has 8 heteroatoms. The highest BCUT2D eigenvalue weighted by Gasteiger charge is 2.31. The fourth-order valence-electron chi connectivity index (χ4n) is 3.71. The van der Waals surface area contributed by atoms with Gasteiger partial charge in [0, 0.05) is 32.7 Å². The molecule has 1 fully saturated rings. The van der Waals surface area contributed by atoms with Gasteiger partial charge < -0.3 is 14.2 Å². The Morgan fingerprint density at radius 3 is 2.41 bits per heavy atom. The minimum Gasteiger partial charge on any atom is -0.495 e.